The highest BCUT2D eigenvalue weighted by molar-refractivity contribution is 5.82. The van der Waals surface area contributed by atoms with E-state index in [-0.39, 0.29) is 5.82 Å². The highest BCUT2D eigenvalue weighted by Gasteiger charge is 2.49. The van der Waals surface area contributed by atoms with Crippen molar-refractivity contribution in [1.29, 1.82) is 0 Å². The summed E-state index contributed by atoms with van der Waals surface area (Å²) in [5.74, 6) is -0.551. The van der Waals surface area contributed by atoms with Gasteiger partial charge in [-0.05, 0) is 40.1 Å². The minimum atomic E-state index is -1.12. The Morgan fingerprint density at radius 2 is 1.64 bits per heavy atom. The van der Waals surface area contributed by atoms with E-state index in [4.69, 9.17) is 16.1 Å². The number of fused-ring (bicyclic) bond motifs is 1. The Morgan fingerprint density at radius 3 is 2.16 bits per heavy atom. The molecule has 6 N–H and O–H groups in total. The van der Waals surface area contributed by atoms with Crippen LogP contribution >= 0.6 is 0 Å². The summed E-state index contributed by atoms with van der Waals surface area (Å²) in [6.45, 7) is 0. The zero-order valence-corrected chi connectivity index (χ0v) is 13.1. The predicted octanol–water partition coefficient (Wildman–Crippen LogP) is 1.91. The van der Waals surface area contributed by atoms with Gasteiger partial charge in [-0.1, -0.05) is 24.3 Å². The van der Waals surface area contributed by atoms with Crippen LogP contribution in [-0.4, -0.2) is 16.6 Å². The summed E-state index contributed by atoms with van der Waals surface area (Å²) in [7, 11) is 0. The molecule has 0 radical (unpaired) electrons. The molecule has 2 aromatic carbocycles. The first kappa shape index (κ1) is 15.0. The zero-order valence-electron chi connectivity index (χ0n) is 13.1. The van der Waals surface area contributed by atoms with Crippen LogP contribution in [0.3, 0.4) is 0 Å². The molecule has 0 spiro atoms. The van der Waals surface area contributed by atoms with Crippen molar-refractivity contribution >= 4 is 29.2 Å². The minimum absolute atomic E-state index is 0.107. The Hall–Kier alpha value is -3.55. The maximum Gasteiger partial charge on any atom is 0.196 e. The number of carbonyl (C=O) groups is 1. The summed E-state index contributed by atoms with van der Waals surface area (Å²) < 4.78 is 4.79. The summed E-state index contributed by atoms with van der Waals surface area (Å²) in [5.41, 5.74) is 13.9. The number of nitrogens with one attached hydrogen (secondary N) is 2. The van der Waals surface area contributed by atoms with Crippen LogP contribution in [0.4, 0.5) is 22.9 Å². The maximum absolute atomic E-state index is 12.1. The standard InChI is InChI=1S/C17H16N6O2/c18-11-7-5-10(6-8-11)12(9-24)17(15-16(19)23-25-22-15)20-13-3-1-2-4-14(13)21-17/h1-9,12,20-21H,18H2,(H2,19,23). The van der Waals surface area contributed by atoms with Crippen LogP contribution in [0.5, 0.6) is 0 Å². The Kier molecular flexibility index (Phi) is 3.31. The van der Waals surface area contributed by atoms with Crippen molar-refractivity contribution in [3.05, 3.63) is 59.8 Å². The van der Waals surface area contributed by atoms with Crippen LogP contribution in [-0.2, 0) is 10.5 Å². The molecule has 0 amide bonds. The monoisotopic (exact) mass is 336 g/mol. The van der Waals surface area contributed by atoms with Gasteiger partial charge in [0.1, 0.15) is 6.29 Å². The van der Waals surface area contributed by atoms with Gasteiger partial charge in [-0.2, -0.15) is 0 Å². The number of benzene rings is 2. The van der Waals surface area contributed by atoms with Gasteiger partial charge in [-0.3, -0.25) is 0 Å². The van der Waals surface area contributed by atoms with Crippen LogP contribution in [0.15, 0.2) is 53.2 Å². The second-order valence-corrected chi connectivity index (χ2v) is 5.88. The molecular formula is C17H16N6O2. The third-order valence-corrected chi connectivity index (χ3v) is 4.38. The molecule has 1 atom stereocenters. The molecule has 126 valence electrons. The minimum Gasteiger partial charge on any atom is -0.399 e. The lowest BCUT2D eigenvalue weighted by Gasteiger charge is -2.34. The molecular weight excluding hydrogens is 320 g/mol. The molecule has 0 saturated carbocycles. The fourth-order valence-electron chi connectivity index (χ4n) is 3.18. The number of nitrogen functional groups attached to an aromatic ring is 2. The zero-order chi connectivity index (χ0) is 17.4. The summed E-state index contributed by atoms with van der Waals surface area (Å²) in [6, 6.07) is 14.7. The number of hydrogen-bond donors (Lipinski definition) is 4. The van der Waals surface area contributed by atoms with Crippen molar-refractivity contribution in [3.63, 3.8) is 0 Å². The Labute approximate surface area is 143 Å². The average molecular weight is 336 g/mol. The molecule has 8 nitrogen and oxygen atoms in total. The van der Waals surface area contributed by atoms with Gasteiger partial charge in [0.15, 0.2) is 17.2 Å². The molecule has 0 aliphatic carbocycles. The largest absolute Gasteiger partial charge is 0.399 e. The average Bonchev–Trinajstić information content (AvgIpc) is 3.21. The van der Waals surface area contributed by atoms with E-state index >= 15 is 0 Å². The van der Waals surface area contributed by atoms with Gasteiger partial charge in [-0.15, -0.1) is 0 Å². The highest BCUT2D eigenvalue weighted by atomic mass is 16.6. The predicted molar refractivity (Wildman–Crippen MR) is 93.7 cm³/mol. The van der Waals surface area contributed by atoms with Crippen molar-refractivity contribution in [2.24, 2.45) is 0 Å². The van der Waals surface area contributed by atoms with E-state index in [1.165, 1.54) is 0 Å². The normalized spacial score (nSPS) is 15.7. The van der Waals surface area contributed by atoms with Crippen LogP contribution < -0.4 is 22.1 Å². The lowest BCUT2D eigenvalue weighted by molar-refractivity contribution is -0.110. The van der Waals surface area contributed by atoms with Gasteiger partial charge in [0, 0.05) is 5.69 Å². The Balaban J connectivity index is 1.88. The van der Waals surface area contributed by atoms with Gasteiger partial charge in [0.2, 0.25) is 0 Å². The number of carbonyl (C=O) groups excluding carboxylic acids is 1. The van der Waals surface area contributed by atoms with E-state index in [1.807, 2.05) is 24.3 Å². The second-order valence-electron chi connectivity index (χ2n) is 5.88. The van der Waals surface area contributed by atoms with E-state index in [0.29, 0.717) is 11.4 Å². The van der Waals surface area contributed by atoms with Gasteiger partial charge >= 0.3 is 0 Å². The number of nitrogens with two attached hydrogens (primary N) is 2. The van der Waals surface area contributed by atoms with Crippen molar-refractivity contribution in [2.75, 3.05) is 22.1 Å². The highest BCUT2D eigenvalue weighted by Crippen LogP contribution is 2.47. The first-order valence-electron chi connectivity index (χ1n) is 7.68. The first-order valence-corrected chi connectivity index (χ1v) is 7.68. The van der Waals surface area contributed by atoms with E-state index < -0.39 is 11.6 Å². The number of rotatable bonds is 4. The maximum atomic E-state index is 12.1. The molecule has 3 aromatic rings. The van der Waals surface area contributed by atoms with Crippen LogP contribution in [0.25, 0.3) is 0 Å². The molecule has 4 rings (SSSR count). The second kappa shape index (κ2) is 5.52. The number of hydrogen-bond acceptors (Lipinski definition) is 8. The number of nitrogens with zero attached hydrogens (tertiary/aromatic N) is 2. The third-order valence-electron chi connectivity index (χ3n) is 4.38. The van der Waals surface area contributed by atoms with Crippen molar-refractivity contribution in [2.45, 2.75) is 11.6 Å². The number of para-hydroxylation sites is 2. The molecule has 0 saturated heterocycles. The van der Waals surface area contributed by atoms with Crippen molar-refractivity contribution in [3.8, 4) is 0 Å². The molecule has 1 unspecified atom stereocenters. The van der Waals surface area contributed by atoms with E-state index in [2.05, 4.69) is 20.9 Å². The summed E-state index contributed by atoms with van der Waals surface area (Å²) in [5, 5.41) is 14.3. The topological polar surface area (TPSA) is 132 Å². The fourth-order valence-corrected chi connectivity index (χ4v) is 3.18. The Bertz CT molecular complexity index is 896. The molecule has 8 heteroatoms. The molecule has 1 aliphatic heterocycles. The van der Waals surface area contributed by atoms with Crippen LogP contribution in [0, 0.1) is 0 Å². The first-order chi connectivity index (χ1) is 12.1. The van der Waals surface area contributed by atoms with Crippen molar-refractivity contribution in [1.82, 2.24) is 10.3 Å². The molecule has 1 aromatic heterocycles. The molecule has 0 fully saturated rings. The number of anilines is 4. The quantitative estimate of drug-likeness (QED) is 0.419. The molecule has 25 heavy (non-hydrogen) atoms. The SMILES string of the molecule is Nc1ccc(C(C=O)C2(c3nonc3N)Nc3ccccc3N2)cc1. The summed E-state index contributed by atoms with van der Waals surface area (Å²) >= 11 is 0. The van der Waals surface area contributed by atoms with Crippen LogP contribution in [0.2, 0.25) is 0 Å². The van der Waals surface area contributed by atoms with Gasteiger partial charge in [-0.25, -0.2) is 4.63 Å². The molecule has 0 bridgehead atoms. The fraction of sp³-hybridized carbons (Fsp3) is 0.118. The van der Waals surface area contributed by atoms with Gasteiger partial charge in [0.05, 0.1) is 17.3 Å². The van der Waals surface area contributed by atoms with Gasteiger partial charge < -0.3 is 26.9 Å². The summed E-state index contributed by atoms with van der Waals surface area (Å²) in [6.07, 6.45) is 0.839. The van der Waals surface area contributed by atoms with Gasteiger partial charge in [0.25, 0.3) is 0 Å². The van der Waals surface area contributed by atoms with E-state index in [0.717, 1.165) is 23.2 Å². The lowest BCUT2D eigenvalue weighted by atomic mass is 9.84. The van der Waals surface area contributed by atoms with E-state index in [9.17, 15) is 4.79 Å². The smallest absolute Gasteiger partial charge is 0.196 e. The Morgan fingerprint density at radius 1 is 1.00 bits per heavy atom. The molecule has 2 heterocycles. The van der Waals surface area contributed by atoms with Crippen molar-refractivity contribution < 1.29 is 9.42 Å². The molecule has 1 aliphatic rings. The van der Waals surface area contributed by atoms with Crippen LogP contribution in [0.1, 0.15) is 17.2 Å². The third kappa shape index (κ3) is 2.26. The lowest BCUT2D eigenvalue weighted by Crippen LogP contribution is -2.46. The van der Waals surface area contributed by atoms with E-state index in [1.54, 1.807) is 24.3 Å². The summed E-state index contributed by atoms with van der Waals surface area (Å²) in [4.78, 5) is 12.1. The number of aldehydes is 1. The number of aromatic nitrogens is 2.